The summed E-state index contributed by atoms with van der Waals surface area (Å²) in [5.41, 5.74) is 7.27. The number of nitrogens with zero attached hydrogens (tertiary/aromatic N) is 4. The van der Waals surface area contributed by atoms with Gasteiger partial charge in [0.2, 0.25) is 0 Å². The van der Waals surface area contributed by atoms with Gasteiger partial charge in [0.25, 0.3) is 0 Å². The van der Waals surface area contributed by atoms with Crippen LogP contribution in [0.15, 0.2) is 29.3 Å². The summed E-state index contributed by atoms with van der Waals surface area (Å²) in [7, 11) is 0. The number of morpholine rings is 1. The van der Waals surface area contributed by atoms with Crippen LogP contribution in [0.2, 0.25) is 0 Å². The van der Waals surface area contributed by atoms with Crippen LogP contribution in [0.3, 0.4) is 0 Å². The zero-order valence-electron chi connectivity index (χ0n) is 16.9. The lowest BCUT2D eigenvalue weighted by atomic mass is 10.2. The van der Waals surface area contributed by atoms with Gasteiger partial charge < -0.3 is 20.3 Å². The van der Waals surface area contributed by atoms with Gasteiger partial charge in [-0.1, -0.05) is 13.8 Å². The molecule has 1 aromatic carbocycles. The van der Waals surface area contributed by atoms with E-state index < -0.39 is 0 Å². The molecule has 2 heterocycles. The second-order valence-electron chi connectivity index (χ2n) is 7.80. The van der Waals surface area contributed by atoms with Crippen LogP contribution >= 0.6 is 24.0 Å². The highest BCUT2D eigenvalue weighted by Crippen LogP contribution is 2.17. The lowest BCUT2D eigenvalue weighted by Gasteiger charge is -2.37. The molecule has 158 valence electrons. The van der Waals surface area contributed by atoms with E-state index in [0.29, 0.717) is 18.4 Å². The van der Waals surface area contributed by atoms with Crippen molar-refractivity contribution in [3.8, 4) is 0 Å². The van der Waals surface area contributed by atoms with Crippen LogP contribution in [-0.2, 0) is 4.74 Å². The van der Waals surface area contributed by atoms with Crippen LogP contribution in [0.4, 0.5) is 10.1 Å². The number of benzene rings is 1. The fourth-order valence-electron chi connectivity index (χ4n) is 3.71. The standard InChI is InChI=1S/C20H32FN5O.HI/c1-16(2)14-24-11-12-27-19(15-24)13-23-20(22)26-9-7-25(8-10-26)18-5-3-17(21)4-6-18;/h3-6,16,19H,7-15H2,1-2H3,(H2,22,23);1H. The molecule has 0 radical (unpaired) electrons. The number of anilines is 1. The van der Waals surface area contributed by atoms with Gasteiger partial charge in [-0.25, -0.2) is 4.39 Å². The number of piperazine rings is 1. The van der Waals surface area contributed by atoms with E-state index in [0.717, 1.165) is 58.1 Å². The van der Waals surface area contributed by atoms with E-state index in [2.05, 4.69) is 33.5 Å². The van der Waals surface area contributed by atoms with E-state index in [1.165, 1.54) is 12.1 Å². The first-order valence-electron chi connectivity index (χ1n) is 9.90. The zero-order valence-corrected chi connectivity index (χ0v) is 19.2. The molecule has 0 amide bonds. The Morgan fingerprint density at radius 3 is 2.50 bits per heavy atom. The summed E-state index contributed by atoms with van der Waals surface area (Å²) < 4.78 is 18.9. The summed E-state index contributed by atoms with van der Waals surface area (Å²) in [5.74, 6) is 1.05. The van der Waals surface area contributed by atoms with E-state index in [1.54, 1.807) is 0 Å². The van der Waals surface area contributed by atoms with Crippen molar-refractivity contribution in [3.63, 3.8) is 0 Å². The summed E-state index contributed by atoms with van der Waals surface area (Å²) >= 11 is 0. The molecular weight excluding hydrogens is 472 g/mol. The smallest absolute Gasteiger partial charge is 0.191 e. The molecule has 1 atom stereocenters. The van der Waals surface area contributed by atoms with Gasteiger partial charge in [0.15, 0.2) is 5.96 Å². The normalized spacial score (nSPS) is 21.7. The Hall–Kier alpha value is -1.13. The largest absolute Gasteiger partial charge is 0.374 e. The Bertz CT molecular complexity index is 620. The number of hydrogen-bond acceptors (Lipinski definition) is 4. The third-order valence-corrected chi connectivity index (χ3v) is 5.10. The Kier molecular flexibility index (Phi) is 9.23. The molecule has 1 unspecified atom stereocenters. The molecule has 0 bridgehead atoms. The molecule has 2 N–H and O–H groups in total. The summed E-state index contributed by atoms with van der Waals surface area (Å²) in [5, 5.41) is 0. The van der Waals surface area contributed by atoms with E-state index in [-0.39, 0.29) is 35.9 Å². The van der Waals surface area contributed by atoms with Gasteiger partial charge in [0, 0.05) is 51.5 Å². The summed E-state index contributed by atoms with van der Waals surface area (Å²) in [6.07, 6.45) is 0.122. The molecule has 2 fully saturated rings. The SMILES string of the molecule is CC(C)CN1CCOC(CN=C(N)N2CCN(c3ccc(F)cc3)CC2)C1.I. The molecule has 1 aromatic rings. The number of guanidine groups is 1. The molecule has 2 aliphatic rings. The maximum Gasteiger partial charge on any atom is 0.191 e. The number of ether oxygens (including phenoxy) is 1. The number of halogens is 2. The highest BCUT2D eigenvalue weighted by atomic mass is 127. The van der Waals surface area contributed by atoms with Gasteiger partial charge in [-0.15, -0.1) is 24.0 Å². The fraction of sp³-hybridized carbons (Fsp3) is 0.650. The number of nitrogens with two attached hydrogens (primary N) is 1. The van der Waals surface area contributed by atoms with E-state index in [9.17, 15) is 4.39 Å². The molecule has 3 rings (SSSR count). The predicted octanol–water partition coefficient (Wildman–Crippen LogP) is 2.24. The first-order chi connectivity index (χ1) is 13.0. The summed E-state index contributed by atoms with van der Waals surface area (Å²) in [6.45, 7) is 12.2. The molecule has 0 spiro atoms. The van der Waals surface area contributed by atoms with Crippen molar-refractivity contribution in [2.75, 3.05) is 63.9 Å². The predicted molar refractivity (Wildman–Crippen MR) is 123 cm³/mol. The average molecular weight is 505 g/mol. The lowest BCUT2D eigenvalue weighted by Crippen LogP contribution is -2.51. The fourth-order valence-corrected chi connectivity index (χ4v) is 3.71. The Morgan fingerprint density at radius 2 is 1.86 bits per heavy atom. The van der Waals surface area contributed by atoms with Gasteiger partial charge in [-0.2, -0.15) is 0 Å². The average Bonchev–Trinajstić information content (AvgIpc) is 2.67. The van der Waals surface area contributed by atoms with Crippen LogP contribution < -0.4 is 10.6 Å². The third kappa shape index (κ3) is 6.73. The maximum atomic E-state index is 13.1. The second kappa shape index (κ2) is 11.2. The highest BCUT2D eigenvalue weighted by Gasteiger charge is 2.22. The maximum absolute atomic E-state index is 13.1. The first kappa shape index (κ1) is 23.2. The van der Waals surface area contributed by atoms with Gasteiger partial charge in [-0.3, -0.25) is 9.89 Å². The van der Waals surface area contributed by atoms with E-state index in [4.69, 9.17) is 10.5 Å². The number of rotatable bonds is 5. The topological polar surface area (TPSA) is 57.3 Å². The minimum atomic E-state index is -0.203. The third-order valence-electron chi connectivity index (χ3n) is 5.10. The molecule has 6 nitrogen and oxygen atoms in total. The summed E-state index contributed by atoms with van der Waals surface area (Å²) in [6, 6.07) is 6.66. The Labute approximate surface area is 184 Å². The van der Waals surface area contributed by atoms with E-state index in [1.807, 2.05) is 12.1 Å². The monoisotopic (exact) mass is 505 g/mol. The molecule has 0 saturated carbocycles. The number of aliphatic imine (C=N–C) groups is 1. The zero-order chi connectivity index (χ0) is 19.2. The van der Waals surface area contributed by atoms with Gasteiger partial charge in [0.1, 0.15) is 5.82 Å². The van der Waals surface area contributed by atoms with Gasteiger partial charge in [-0.05, 0) is 30.2 Å². The number of hydrogen-bond donors (Lipinski definition) is 1. The molecule has 2 aliphatic heterocycles. The van der Waals surface area contributed by atoms with Crippen LogP contribution in [0.25, 0.3) is 0 Å². The van der Waals surface area contributed by atoms with Crippen molar-refractivity contribution in [1.82, 2.24) is 9.80 Å². The minimum Gasteiger partial charge on any atom is -0.374 e. The van der Waals surface area contributed by atoms with Gasteiger partial charge >= 0.3 is 0 Å². The molecule has 0 aliphatic carbocycles. The van der Waals surface area contributed by atoms with Crippen LogP contribution in [-0.4, -0.2) is 80.8 Å². The van der Waals surface area contributed by atoms with Gasteiger partial charge in [0.05, 0.1) is 19.3 Å². The molecule has 0 aromatic heterocycles. The molecular formula is C20H33FIN5O. The van der Waals surface area contributed by atoms with Crippen molar-refractivity contribution < 1.29 is 9.13 Å². The first-order valence-corrected chi connectivity index (χ1v) is 9.90. The lowest BCUT2D eigenvalue weighted by molar-refractivity contribution is -0.0262. The quantitative estimate of drug-likeness (QED) is 0.378. The highest BCUT2D eigenvalue weighted by molar-refractivity contribution is 14.0. The second-order valence-corrected chi connectivity index (χ2v) is 7.80. The van der Waals surface area contributed by atoms with Crippen molar-refractivity contribution in [2.45, 2.75) is 20.0 Å². The molecule has 28 heavy (non-hydrogen) atoms. The minimum absolute atomic E-state index is 0. The van der Waals surface area contributed by atoms with Crippen molar-refractivity contribution in [1.29, 1.82) is 0 Å². The molecule has 2 saturated heterocycles. The van der Waals surface area contributed by atoms with Crippen molar-refractivity contribution >= 4 is 35.6 Å². The van der Waals surface area contributed by atoms with E-state index >= 15 is 0 Å². The summed E-state index contributed by atoms with van der Waals surface area (Å²) in [4.78, 5) is 11.4. The van der Waals surface area contributed by atoms with Crippen LogP contribution in [0.1, 0.15) is 13.8 Å². The molecule has 8 heteroatoms. The Morgan fingerprint density at radius 1 is 1.18 bits per heavy atom. The van der Waals surface area contributed by atoms with Crippen LogP contribution in [0, 0.1) is 11.7 Å². The van der Waals surface area contributed by atoms with Crippen molar-refractivity contribution in [2.24, 2.45) is 16.6 Å². The Balaban J connectivity index is 0.00000280. The van der Waals surface area contributed by atoms with Crippen molar-refractivity contribution in [3.05, 3.63) is 30.1 Å². The van der Waals surface area contributed by atoms with Crippen LogP contribution in [0.5, 0.6) is 0 Å².